The molecule has 128 valence electrons. The van der Waals surface area contributed by atoms with Crippen LogP contribution in [0, 0.1) is 6.92 Å². The standard InChI is InChI=1S/C16H19N3O4S/c1-12-9-14(17-23-12)10-16(20)18-7-8-19(24(2,21)22)15-6-4-3-5-13(15)11-18/h3-6,9H,7-8,10-11H2,1-2H3. The third-order valence-corrected chi connectivity index (χ3v) is 5.14. The van der Waals surface area contributed by atoms with Crippen LogP contribution in [-0.2, 0) is 27.8 Å². The van der Waals surface area contributed by atoms with Gasteiger partial charge in [0.1, 0.15) is 5.76 Å². The van der Waals surface area contributed by atoms with Crippen LogP contribution in [-0.4, -0.2) is 43.7 Å². The number of carbonyl (C=O) groups excluding carboxylic acids is 1. The number of carbonyl (C=O) groups is 1. The molecule has 1 aromatic carbocycles. The Morgan fingerprint density at radius 3 is 2.71 bits per heavy atom. The zero-order chi connectivity index (χ0) is 17.3. The minimum absolute atomic E-state index is 0.103. The maximum absolute atomic E-state index is 12.6. The number of aryl methyl sites for hydroxylation is 1. The van der Waals surface area contributed by atoms with Gasteiger partial charge in [-0.3, -0.25) is 9.10 Å². The molecule has 8 heteroatoms. The Kier molecular flexibility index (Phi) is 4.31. The summed E-state index contributed by atoms with van der Waals surface area (Å²) in [5.41, 5.74) is 2.02. The molecule has 0 saturated heterocycles. The van der Waals surface area contributed by atoms with E-state index in [1.807, 2.05) is 12.1 Å². The molecule has 0 saturated carbocycles. The van der Waals surface area contributed by atoms with Crippen LogP contribution < -0.4 is 4.31 Å². The molecule has 7 nitrogen and oxygen atoms in total. The zero-order valence-electron chi connectivity index (χ0n) is 13.6. The molecule has 0 fully saturated rings. The quantitative estimate of drug-likeness (QED) is 0.835. The fourth-order valence-electron chi connectivity index (χ4n) is 2.83. The number of rotatable bonds is 3. The van der Waals surface area contributed by atoms with Gasteiger partial charge in [0.25, 0.3) is 0 Å². The molecule has 0 atom stereocenters. The van der Waals surface area contributed by atoms with Gasteiger partial charge in [-0.15, -0.1) is 0 Å². The van der Waals surface area contributed by atoms with E-state index in [0.717, 1.165) is 5.56 Å². The predicted molar refractivity (Wildman–Crippen MR) is 89.0 cm³/mol. The van der Waals surface area contributed by atoms with Crippen molar-refractivity contribution in [1.82, 2.24) is 10.1 Å². The van der Waals surface area contributed by atoms with E-state index < -0.39 is 10.0 Å². The van der Waals surface area contributed by atoms with Gasteiger partial charge >= 0.3 is 0 Å². The molecule has 1 amide bonds. The molecule has 3 rings (SSSR count). The van der Waals surface area contributed by atoms with Crippen LogP contribution in [0.2, 0.25) is 0 Å². The average Bonchev–Trinajstić information content (AvgIpc) is 2.81. The molecule has 0 radical (unpaired) electrons. The van der Waals surface area contributed by atoms with Crippen molar-refractivity contribution in [2.75, 3.05) is 23.7 Å². The van der Waals surface area contributed by atoms with Crippen LogP contribution in [0.3, 0.4) is 0 Å². The summed E-state index contributed by atoms with van der Waals surface area (Å²) in [6.45, 7) is 2.71. The van der Waals surface area contributed by atoms with Gasteiger partial charge in [-0.2, -0.15) is 0 Å². The lowest BCUT2D eigenvalue weighted by atomic mass is 10.1. The summed E-state index contributed by atoms with van der Waals surface area (Å²) in [7, 11) is -3.40. The first kappa shape index (κ1) is 16.5. The Morgan fingerprint density at radius 2 is 2.04 bits per heavy atom. The maximum atomic E-state index is 12.6. The minimum atomic E-state index is -3.40. The largest absolute Gasteiger partial charge is 0.361 e. The van der Waals surface area contributed by atoms with Gasteiger partial charge in [0, 0.05) is 19.2 Å². The third-order valence-electron chi connectivity index (χ3n) is 3.96. The van der Waals surface area contributed by atoms with Gasteiger partial charge < -0.3 is 9.42 Å². The lowest BCUT2D eigenvalue weighted by Crippen LogP contribution is -2.38. The first-order chi connectivity index (χ1) is 11.3. The molecular formula is C16H19N3O4S. The number of amides is 1. The van der Waals surface area contributed by atoms with Crippen LogP contribution in [0.25, 0.3) is 0 Å². The second-order valence-electron chi connectivity index (χ2n) is 5.88. The predicted octanol–water partition coefficient (Wildman–Crippen LogP) is 1.33. The number of hydrogen-bond donors (Lipinski definition) is 0. The number of benzene rings is 1. The molecule has 0 bridgehead atoms. The van der Waals surface area contributed by atoms with Gasteiger partial charge in [0.2, 0.25) is 15.9 Å². The molecular weight excluding hydrogens is 330 g/mol. The van der Waals surface area contributed by atoms with Crippen molar-refractivity contribution < 1.29 is 17.7 Å². The van der Waals surface area contributed by atoms with Gasteiger partial charge in [0.15, 0.2) is 0 Å². The summed E-state index contributed by atoms with van der Waals surface area (Å²) in [5, 5.41) is 3.84. The van der Waals surface area contributed by atoms with Crippen LogP contribution >= 0.6 is 0 Å². The second-order valence-corrected chi connectivity index (χ2v) is 7.79. The van der Waals surface area contributed by atoms with Crippen molar-refractivity contribution in [3.8, 4) is 0 Å². The van der Waals surface area contributed by atoms with E-state index >= 15 is 0 Å². The van der Waals surface area contributed by atoms with Crippen LogP contribution in [0.4, 0.5) is 5.69 Å². The highest BCUT2D eigenvalue weighted by Crippen LogP contribution is 2.27. The minimum Gasteiger partial charge on any atom is -0.361 e. The van der Waals surface area contributed by atoms with E-state index in [1.54, 1.807) is 30.0 Å². The Morgan fingerprint density at radius 1 is 1.29 bits per heavy atom. The van der Waals surface area contributed by atoms with Crippen LogP contribution in [0.15, 0.2) is 34.9 Å². The smallest absolute Gasteiger partial charge is 0.232 e. The van der Waals surface area contributed by atoms with Crippen molar-refractivity contribution in [1.29, 1.82) is 0 Å². The molecule has 24 heavy (non-hydrogen) atoms. The van der Waals surface area contributed by atoms with E-state index in [-0.39, 0.29) is 18.9 Å². The van der Waals surface area contributed by atoms with Gasteiger partial charge in [-0.05, 0) is 18.6 Å². The van der Waals surface area contributed by atoms with E-state index in [0.29, 0.717) is 30.2 Å². The topological polar surface area (TPSA) is 83.7 Å². The van der Waals surface area contributed by atoms with Crippen molar-refractivity contribution >= 4 is 21.6 Å². The number of sulfonamides is 1. The SMILES string of the molecule is Cc1cc(CC(=O)N2CCN(S(C)(=O)=O)c3ccccc3C2)no1. The fraction of sp³-hybridized carbons (Fsp3) is 0.375. The molecule has 2 aromatic rings. The summed E-state index contributed by atoms with van der Waals surface area (Å²) >= 11 is 0. The molecule has 0 N–H and O–H groups in total. The lowest BCUT2D eigenvalue weighted by Gasteiger charge is -2.22. The highest BCUT2D eigenvalue weighted by Gasteiger charge is 2.27. The van der Waals surface area contributed by atoms with Crippen molar-refractivity contribution in [3.05, 3.63) is 47.3 Å². The summed E-state index contributed by atoms with van der Waals surface area (Å²) in [6.07, 6.45) is 1.32. The highest BCUT2D eigenvalue weighted by atomic mass is 32.2. The first-order valence-corrected chi connectivity index (χ1v) is 9.45. The van der Waals surface area contributed by atoms with Gasteiger partial charge in [0.05, 0.1) is 30.6 Å². The summed E-state index contributed by atoms with van der Waals surface area (Å²) in [5.74, 6) is 0.552. The van der Waals surface area contributed by atoms with Gasteiger partial charge in [-0.25, -0.2) is 8.42 Å². The van der Waals surface area contributed by atoms with Crippen molar-refractivity contribution in [2.24, 2.45) is 0 Å². The maximum Gasteiger partial charge on any atom is 0.232 e. The van der Waals surface area contributed by atoms with Gasteiger partial charge in [-0.1, -0.05) is 23.4 Å². The van der Waals surface area contributed by atoms with Crippen LogP contribution in [0.1, 0.15) is 17.0 Å². The summed E-state index contributed by atoms with van der Waals surface area (Å²) in [4.78, 5) is 14.2. The number of fused-ring (bicyclic) bond motifs is 1. The van der Waals surface area contributed by atoms with E-state index in [9.17, 15) is 13.2 Å². The van der Waals surface area contributed by atoms with Crippen molar-refractivity contribution in [3.63, 3.8) is 0 Å². The highest BCUT2D eigenvalue weighted by molar-refractivity contribution is 7.92. The summed E-state index contributed by atoms with van der Waals surface area (Å²) < 4.78 is 30.5. The van der Waals surface area contributed by atoms with Crippen LogP contribution in [0.5, 0.6) is 0 Å². The Balaban J connectivity index is 1.85. The molecule has 0 aliphatic carbocycles. The molecule has 1 aromatic heterocycles. The molecule has 1 aliphatic heterocycles. The van der Waals surface area contributed by atoms with E-state index in [1.165, 1.54) is 10.6 Å². The molecule has 1 aliphatic rings. The summed E-state index contributed by atoms with van der Waals surface area (Å²) in [6, 6.07) is 8.98. The molecule has 2 heterocycles. The Labute approximate surface area is 140 Å². The normalized spacial score (nSPS) is 15.1. The zero-order valence-corrected chi connectivity index (χ0v) is 14.4. The fourth-order valence-corrected chi connectivity index (χ4v) is 3.78. The molecule has 0 unspecified atom stereocenters. The Hall–Kier alpha value is -2.35. The average molecular weight is 349 g/mol. The monoisotopic (exact) mass is 349 g/mol. The number of nitrogens with zero attached hydrogens (tertiary/aromatic N) is 3. The number of anilines is 1. The first-order valence-electron chi connectivity index (χ1n) is 7.60. The number of hydrogen-bond acceptors (Lipinski definition) is 5. The Bertz CT molecular complexity index is 860. The van der Waals surface area contributed by atoms with E-state index in [4.69, 9.17) is 4.52 Å². The second kappa shape index (κ2) is 6.27. The molecule has 0 spiro atoms. The number of para-hydroxylation sites is 1. The van der Waals surface area contributed by atoms with Crippen molar-refractivity contribution in [2.45, 2.75) is 19.9 Å². The van der Waals surface area contributed by atoms with E-state index in [2.05, 4.69) is 5.16 Å². The number of aromatic nitrogens is 1. The third kappa shape index (κ3) is 3.43. The lowest BCUT2D eigenvalue weighted by molar-refractivity contribution is -0.131.